The fraction of sp³-hybridized carbons (Fsp3) is 0.455. The zero-order valence-corrected chi connectivity index (χ0v) is 10.6. The Balaban J connectivity index is 3.08. The van der Waals surface area contributed by atoms with Gasteiger partial charge in [0.05, 0.1) is 11.7 Å². The van der Waals surface area contributed by atoms with Gasteiger partial charge in [0.25, 0.3) is 0 Å². The van der Waals surface area contributed by atoms with Gasteiger partial charge >= 0.3 is 6.18 Å². The zero-order chi connectivity index (χ0) is 13.9. The van der Waals surface area contributed by atoms with E-state index in [0.29, 0.717) is 0 Å². The van der Waals surface area contributed by atoms with Crippen molar-refractivity contribution in [2.24, 2.45) is 0 Å². The van der Waals surface area contributed by atoms with Gasteiger partial charge in [-0.05, 0) is 24.6 Å². The van der Waals surface area contributed by atoms with Gasteiger partial charge in [0.1, 0.15) is 6.10 Å². The number of halogens is 5. The molecule has 0 saturated carbocycles. The van der Waals surface area contributed by atoms with Gasteiger partial charge in [-0.15, -0.1) is 11.6 Å². The third kappa shape index (κ3) is 3.75. The first-order chi connectivity index (χ1) is 8.27. The minimum absolute atomic E-state index is 0.0378. The molecule has 2 nitrogen and oxygen atoms in total. The predicted molar refractivity (Wildman–Crippen MR) is 62.8 cm³/mol. The molecule has 0 spiro atoms. The van der Waals surface area contributed by atoms with E-state index in [0.717, 1.165) is 18.2 Å². The van der Waals surface area contributed by atoms with Crippen molar-refractivity contribution < 1.29 is 23.4 Å². The average molecular weight is 303 g/mol. The van der Waals surface area contributed by atoms with E-state index >= 15 is 0 Å². The molecule has 1 aromatic carbocycles. The SMILES string of the molecule is OC(CCCl)C(O)c1cc(C(F)(F)F)ccc1Cl. The van der Waals surface area contributed by atoms with E-state index in [-0.39, 0.29) is 22.9 Å². The lowest BCUT2D eigenvalue weighted by atomic mass is 10.0. The summed E-state index contributed by atoms with van der Waals surface area (Å²) in [5.41, 5.74) is -1.09. The van der Waals surface area contributed by atoms with Crippen LogP contribution < -0.4 is 0 Å². The molecule has 0 amide bonds. The molecule has 102 valence electrons. The topological polar surface area (TPSA) is 40.5 Å². The average Bonchev–Trinajstić information content (AvgIpc) is 2.27. The van der Waals surface area contributed by atoms with E-state index in [2.05, 4.69) is 0 Å². The zero-order valence-electron chi connectivity index (χ0n) is 9.09. The van der Waals surface area contributed by atoms with Crippen LogP contribution >= 0.6 is 23.2 Å². The molecule has 0 aliphatic carbocycles. The Labute approximate surface area is 112 Å². The first-order valence-electron chi connectivity index (χ1n) is 5.06. The van der Waals surface area contributed by atoms with Gasteiger partial charge in [0, 0.05) is 16.5 Å². The van der Waals surface area contributed by atoms with Crippen molar-refractivity contribution in [3.05, 3.63) is 34.3 Å². The van der Waals surface area contributed by atoms with E-state index in [1.807, 2.05) is 0 Å². The minimum Gasteiger partial charge on any atom is -0.390 e. The number of aliphatic hydroxyl groups is 2. The third-order valence-electron chi connectivity index (χ3n) is 2.41. The van der Waals surface area contributed by atoms with Crippen molar-refractivity contribution in [2.45, 2.75) is 24.8 Å². The molecule has 2 unspecified atom stereocenters. The Morgan fingerprint density at radius 2 is 1.83 bits per heavy atom. The van der Waals surface area contributed by atoms with Gasteiger partial charge in [-0.1, -0.05) is 11.6 Å². The number of hydrogen-bond donors (Lipinski definition) is 2. The largest absolute Gasteiger partial charge is 0.416 e. The smallest absolute Gasteiger partial charge is 0.390 e. The van der Waals surface area contributed by atoms with E-state index < -0.39 is 23.9 Å². The van der Waals surface area contributed by atoms with Gasteiger partial charge in [0.15, 0.2) is 0 Å². The quantitative estimate of drug-likeness (QED) is 0.837. The van der Waals surface area contributed by atoms with Crippen LogP contribution in [0, 0.1) is 0 Å². The maximum Gasteiger partial charge on any atom is 0.416 e. The lowest BCUT2D eigenvalue weighted by Crippen LogP contribution is -2.19. The van der Waals surface area contributed by atoms with Crippen LogP contribution in [0.4, 0.5) is 13.2 Å². The standard InChI is InChI=1S/C11H11Cl2F3O2/c12-4-3-9(17)10(18)7-5-6(11(14,15)16)1-2-8(7)13/h1-2,5,9-10,17-18H,3-4H2. The van der Waals surface area contributed by atoms with Crippen LogP contribution in [-0.2, 0) is 6.18 Å². The highest BCUT2D eigenvalue weighted by Gasteiger charge is 2.32. The van der Waals surface area contributed by atoms with Crippen LogP contribution in [0.3, 0.4) is 0 Å². The summed E-state index contributed by atoms with van der Waals surface area (Å²) >= 11 is 11.1. The monoisotopic (exact) mass is 302 g/mol. The molecule has 1 aromatic rings. The Kier molecular flexibility index (Phi) is 5.28. The maximum absolute atomic E-state index is 12.5. The van der Waals surface area contributed by atoms with E-state index in [1.54, 1.807) is 0 Å². The summed E-state index contributed by atoms with van der Waals surface area (Å²) in [5.74, 6) is 0.0782. The Hall–Kier alpha value is -0.490. The van der Waals surface area contributed by atoms with E-state index in [4.69, 9.17) is 23.2 Å². The van der Waals surface area contributed by atoms with Gasteiger partial charge in [-0.25, -0.2) is 0 Å². The summed E-state index contributed by atoms with van der Waals surface area (Å²) < 4.78 is 37.5. The van der Waals surface area contributed by atoms with Crippen LogP contribution in [0.15, 0.2) is 18.2 Å². The highest BCUT2D eigenvalue weighted by molar-refractivity contribution is 6.31. The van der Waals surface area contributed by atoms with Gasteiger partial charge in [-0.3, -0.25) is 0 Å². The van der Waals surface area contributed by atoms with E-state index in [1.165, 1.54) is 0 Å². The molecule has 1 rings (SSSR count). The summed E-state index contributed by atoms with van der Waals surface area (Å²) in [4.78, 5) is 0. The molecule has 0 fully saturated rings. The highest BCUT2D eigenvalue weighted by atomic mass is 35.5. The lowest BCUT2D eigenvalue weighted by molar-refractivity contribution is -0.137. The van der Waals surface area contributed by atoms with Gasteiger partial charge in [0.2, 0.25) is 0 Å². The number of alkyl halides is 4. The van der Waals surface area contributed by atoms with Gasteiger partial charge in [-0.2, -0.15) is 13.2 Å². The summed E-state index contributed by atoms with van der Waals surface area (Å²) in [6, 6.07) is 2.58. The molecule has 0 aromatic heterocycles. The molecule has 0 radical (unpaired) electrons. The van der Waals surface area contributed by atoms with Crippen molar-refractivity contribution in [1.29, 1.82) is 0 Å². The third-order valence-corrected chi connectivity index (χ3v) is 2.97. The first kappa shape index (κ1) is 15.6. The maximum atomic E-state index is 12.5. The van der Waals surface area contributed by atoms with Crippen molar-refractivity contribution in [3.63, 3.8) is 0 Å². The Morgan fingerprint density at radius 3 is 2.33 bits per heavy atom. The number of benzene rings is 1. The molecule has 0 bridgehead atoms. The summed E-state index contributed by atoms with van der Waals surface area (Å²) in [6.07, 6.45) is -7.24. The number of aliphatic hydroxyl groups excluding tert-OH is 2. The number of rotatable bonds is 4. The van der Waals surface area contributed by atoms with Crippen LogP contribution in [-0.4, -0.2) is 22.2 Å². The number of hydrogen-bond acceptors (Lipinski definition) is 2. The fourth-order valence-electron chi connectivity index (χ4n) is 1.42. The molecule has 0 saturated heterocycles. The molecule has 2 N–H and O–H groups in total. The fourth-order valence-corrected chi connectivity index (χ4v) is 1.88. The van der Waals surface area contributed by atoms with Crippen molar-refractivity contribution in [2.75, 3.05) is 5.88 Å². The minimum atomic E-state index is -4.53. The summed E-state index contributed by atoms with van der Waals surface area (Å²) in [5, 5.41) is 19.2. The molecule has 0 heterocycles. The van der Waals surface area contributed by atoms with E-state index in [9.17, 15) is 23.4 Å². The Bertz CT molecular complexity index is 410. The highest BCUT2D eigenvalue weighted by Crippen LogP contribution is 2.34. The summed E-state index contributed by atoms with van der Waals surface area (Å²) in [6.45, 7) is 0. The molecular formula is C11H11Cl2F3O2. The van der Waals surface area contributed by atoms with Crippen LogP contribution in [0.1, 0.15) is 23.7 Å². The van der Waals surface area contributed by atoms with Crippen LogP contribution in [0.25, 0.3) is 0 Å². The molecule has 2 atom stereocenters. The second-order valence-corrected chi connectivity index (χ2v) is 4.51. The van der Waals surface area contributed by atoms with Crippen LogP contribution in [0.5, 0.6) is 0 Å². The molecule has 0 aliphatic heterocycles. The molecular weight excluding hydrogens is 292 g/mol. The van der Waals surface area contributed by atoms with Crippen molar-refractivity contribution in [3.8, 4) is 0 Å². The lowest BCUT2D eigenvalue weighted by Gasteiger charge is -2.19. The second-order valence-electron chi connectivity index (χ2n) is 3.72. The van der Waals surface area contributed by atoms with Crippen molar-refractivity contribution >= 4 is 23.2 Å². The second kappa shape index (κ2) is 6.10. The molecule has 7 heteroatoms. The summed E-state index contributed by atoms with van der Waals surface area (Å²) in [7, 11) is 0. The van der Waals surface area contributed by atoms with Crippen molar-refractivity contribution in [1.82, 2.24) is 0 Å². The molecule has 0 aliphatic rings. The molecule has 18 heavy (non-hydrogen) atoms. The van der Waals surface area contributed by atoms with Crippen LogP contribution in [0.2, 0.25) is 5.02 Å². The van der Waals surface area contributed by atoms with Gasteiger partial charge < -0.3 is 10.2 Å². The normalized spacial score (nSPS) is 15.5. The Morgan fingerprint density at radius 1 is 1.22 bits per heavy atom. The predicted octanol–water partition coefficient (Wildman–Crippen LogP) is 3.38. The first-order valence-corrected chi connectivity index (χ1v) is 5.97.